The van der Waals surface area contributed by atoms with Crippen molar-refractivity contribution in [2.24, 2.45) is 0 Å². The predicted molar refractivity (Wildman–Crippen MR) is 80.0 cm³/mol. The van der Waals surface area contributed by atoms with E-state index in [0.717, 1.165) is 0 Å². The first-order valence-electron chi connectivity index (χ1n) is 7.22. The Morgan fingerprint density at radius 2 is 1.00 bits per heavy atom. The van der Waals surface area contributed by atoms with Gasteiger partial charge >= 0.3 is 0 Å². The molecular formula is C14H30ClP. The Bertz CT molecular complexity index is 114. The first-order chi connectivity index (χ1) is 7.81. The summed E-state index contributed by atoms with van der Waals surface area (Å²) in [5, 5.41) is 0. The fraction of sp³-hybridized carbons (Fsp3) is 1.00. The molecule has 0 aromatic rings. The van der Waals surface area contributed by atoms with Crippen LogP contribution >= 0.6 is 18.5 Å². The van der Waals surface area contributed by atoms with Crippen molar-refractivity contribution in [1.29, 1.82) is 0 Å². The molecule has 0 unspecified atom stereocenters. The smallest absolute Gasteiger partial charge is 0.00973 e. The molecule has 0 aromatic heterocycles. The summed E-state index contributed by atoms with van der Waals surface area (Å²) in [6.07, 6.45) is 16.4. The standard InChI is InChI=1S/C14H30ClP/c1-3-5-7-9-11-13-16(15)14-12-10-8-6-4-2/h3-14H2,1-2H3. The molecule has 0 fully saturated rings. The molecule has 0 radical (unpaired) electrons. The molecule has 0 aromatic carbocycles. The van der Waals surface area contributed by atoms with Crippen LogP contribution in [0.4, 0.5) is 0 Å². The van der Waals surface area contributed by atoms with Crippen LogP contribution in [0.25, 0.3) is 0 Å². The van der Waals surface area contributed by atoms with Gasteiger partial charge in [-0.2, -0.15) is 0 Å². The van der Waals surface area contributed by atoms with Crippen LogP contribution in [0.3, 0.4) is 0 Å². The highest BCUT2D eigenvalue weighted by molar-refractivity contribution is 7.83. The number of unbranched alkanes of at least 4 members (excludes halogenated alkanes) is 8. The van der Waals surface area contributed by atoms with E-state index < -0.39 is 0 Å². The van der Waals surface area contributed by atoms with Crippen molar-refractivity contribution in [2.45, 2.75) is 78.1 Å². The average Bonchev–Trinajstić information content (AvgIpc) is 2.28. The van der Waals surface area contributed by atoms with E-state index in [2.05, 4.69) is 13.8 Å². The second-order valence-corrected chi connectivity index (χ2v) is 7.99. The molecule has 0 saturated carbocycles. The van der Waals surface area contributed by atoms with Gasteiger partial charge in [-0.1, -0.05) is 76.5 Å². The van der Waals surface area contributed by atoms with Crippen LogP contribution in [-0.4, -0.2) is 12.3 Å². The van der Waals surface area contributed by atoms with E-state index in [0.29, 0.717) is 0 Å². The van der Waals surface area contributed by atoms with Crippen molar-refractivity contribution >= 4 is 18.5 Å². The summed E-state index contributed by atoms with van der Waals surface area (Å²) >= 11 is 6.37. The van der Waals surface area contributed by atoms with Crippen LogP contribution in [0.15, 0.2) is 0 Å². The van der Waals surface area contributed by atoms with Crippen LogP contribution in [0.2, 0.25) is 0 Å². The van der Waals surface area contributed by atoms with Crippen molar-refractivity contribution in [1.82, 2.24) is 0 Å². The highest BCUT2D eigenvalue weighted by atomic mass is 35.7. The minimum absolute atomic E-state index is 0.150. The Labute approximate surface area is 109 Å². The molecule has 0 amide bonds. The number of rotatable bonds is 12. The van der Waals surface area contributed by atoms with Gasteiger partial charge in [-0.25, -0.2) is 0 Å². The van der Waals surface area contributed by atoms with Gasteiger partial charge in [0, 0.05) is 0 Å². The first-order valence-corrected chi connectivity index (χ1v) is 9.83. The third kappa shape index (κ3) is 12.8. The van der Waals surface area contributed by atoms with Gasteiger partial charge in [0.05, 0.1) is 0 Å². The fourth-order valence-corrected chi connectivity index (χ4v) is 3.96. The zero-order valence-electron chi connectivity index (χ0n) is 11.3. The van der Waals surface area contributed by atoms with E-state index in [9.17, 15) is 0 Å². The molecule has 0 spiro atoms. The summed E-state index contributed by atoms with van der Waals surface area (Å²) in [5.74, 6) is 0. The molecule has 0 heterocycles. The second kappa shape index (κ2) is 13.8. The Hall–Kier alpha value is 0.720. The average molecular weight is 265 g/mol. The predicted octanol–water partition coefficient (Wildman–Crippen LogP) is 6.56. The van der Waals surface area contributed by atoms with Gasteiger partial charge in [-0.05, 0) is 32.4 Å². The topological polar surface area (TPSA) is 0 Å². The molecule has 0 aliphatic rings. The summed E-state index contributed by atoms with van der Waals surface area (Å²) in [7, 11) is -0.150. The zero-order valence-corrected chi connectivity index (χ0v) is 13.0. The number of hydrogen-bond donors (Lipinski definition) is 0. The molecule has 0 atom stereocenters. The molecule has 98 valence electrons. The van der Waals surface area contributed by atoms with Gasteiger partial charge in [0.25, 0.3) is 0 Å². The first kappa shape index (κ1) is 16.7. The van der Waals surface area contributed by atoms with Crippen LogP contribution in [0.1, 0.15) is 78.1 Å². The molecule has 0 aliphatic heterocycles. The second-order valence-electron chi connectivity index (χ2n) is 4.74. The fourth-order valence-electron chi connectivity index (χ4n) is 1.89. The van der Waals surface area contributed by atoms with Crippen LogP contribution in [0, 0.1) is 0 Å². The van der Waals surface area contributed by atoms with Crippen LogP contribution < -0.4 is 0 Å². The molecule has 0 saturated heterocycles. The third-order valence-corrected chi connectivity index (χ3v) is 5.63. The van der Waals surface area contributed by atoms with Crippen molar-refractivity contribution in [3.8, 4) is 0 Å². The van der Waals surface area contributed by atoms with Gasteiger partial charge in [0.15, 0.2) is 0 Å². The maximum Gasteiger partial charge on any atom is -0.00973 e. The van der Waals surface area contributed by atoms with Crippen molar-refractivity contribution in [2.75, 3.05) is 12.3 Å². The molecule has 0 aliphatic carbocycles. The highest BCUT2D eigenvalue weighted by Crippen LogP contribution is 2.43. The van der Waals surface area contributed by atoms with E-state index >= 15 is 0 Å². The molecule has 0 nitrogen and oxygen atoms in total. The minimum atomic E-state index is -0.150. The van der Waals surface area contributed by atoms with E-state index in [1.807, 2.05) is 0 Å². The largest absolute Gasteiger partial charge is 0.0964 e. The van der Waals surface area contributed by atoms with Gasteiger partial charge < -0.3 is 0 Å². The lowest BCUT2D eigenvalue weighted by atomic mass is 10.2. The van der Waals surface area contributed by atoms with Crippen molar-refractivity contribution < 1.29 is 0 Å². The highest BCUT2D eigenvalue weighted by Gasteiger charge is 2.03. The van der Waals surface area contributed by atoms with E-state index in [1.54, 1.807) is 0 Å². The van der Waals surface area contributed by atoms with Gasteiger partial charge in [-0.15, -0.1) is 0 Å². The quantitative estimate of drug-likeness (QED) is 0.276. The van der Waals surface area contributed by atoms with Gasteiger partial charge in [0.2, 0.25) is 0 Å². The zero-order chi connectivity index (χ0) is 12.1. The maximum absolute atomic E-state index is 6.37. The van der Waals surface area contributed by atoms with Crippen molar-refractivity contribution in [3.63, 3.8) is 0 Å². The Morgan fingerprint density at radius 3 is 1.38 bits per heavy atom. The summed E-state index contributed by atoms with van der Waals surface area (Å²) in [4.78, 5) is 0. The number of halogens is 1. The van der Waals surface area contributed by atoms with Gasteiger partial charge in [0.1, 0.15) is 0 Å². The Kier molecular flexibility index (Phi) is 14.4. The molecule has 0 N–H and O–H groups in total. The SMILES string of the molecule is CCCCCCCP(Cl)CCCCCCC. The molecule has 0 bridgehead atoms. The molecule has 16 heavy (non-hydrogen) atoms. The Morgan fingerprint density at radius 1 is 0.625 bits per heavy atom. The lowest BCUT2D eigenvalue weighted by molar-refractivity contribution is 0.653. The Balaban J connectivity index is 3.09. The lowest BCUT2D eigenvalue weighted by Crippen LogP contribution is -1.88. The summed E-state index contributed by atoms with van der Waals surface area (Å²) in [5.41, 5.74) is 0. The van der Waals surface area contributed by atoms with Crippen LogP contribution in [0.5, 0.6) is 0 Å². The number of hydrogen-bond acceptors (Lipinski definition) is 0. The molecule has 0 rings (SSSR count). The van der Waals surface area contributed by atoms with Gasteiger partial charge in [-0.3, -0.25) is 0 Å². The lowest BCUT2D eigenvalue weighted by Gasteiger charge is -2.09. The minimum Gasteiger partial charge on any atom is -0.0964 e. The van der Waals surface area contributed by atoms with E-state index in [-0.39, 0.29) is 7.27 Å². The summed E-state index contributed by atoms with van der Waals surface area (Å²) < 4.78 is 0. The van der Waals surface area contributed by atoms with E-state index in [1.165, 1.54) is 76.5 Å². The summed E-state index contributed by atoms with van der Waals surface area (Å²) in [6.45, 7) is 4.54. The van der Waals surface area contributed by atoms with Crippen LogP contribution in [-0.2, 0) is 0 Å². The molecule has 2 heteroatoms. The van der Waals surface area contributed by atoms with Crippen molar-refractivity contribution in [3.05, 3.63) is 0 Å². The third-order valence-electron chi connectivity index (χ3n) is 3.01. The summed E-state index contributed by atoms with van der Waals surface area (Å²) in [6, 6.07) is 0. The normalized spacial score (nSPS) is 11.2. The van der Waals surface area contributed by atoms with E-state index in [4.69, 9.17) is 11.2 Å². The monoisotopic (exact) mass is 264 g/mol. The molecular weight excluding hydrogens is 235 g/mol. The maximum atomic E-state index is 6.37.